The van der Waals surface area contributed by atoms with Gasteiger partial charge in [-0.15, -0.1) is 0 Å². The van der Waals surface area contributed by atoms with Crippen LogP contribution in [0.25, 0.3) is 0 Å². The number of aromatic nitrogens is 2. The minimum absolute atomic E-state index is 0.0358. The zero-order valence-electron chi connectivity index (χ0n) is 11.9. The Labute approximate surface area is 118 Å². The predicted molar refractivity (Wildman–Crippen MR) is 78.5 cm³/mol. The van der Waals surface area contributed by atoms with Crippen molar-refractivity contribution in [3.05, 3.63) is 52.8 Å². The van der Waals surface area contributed by atoms with E-state index in [1.807, 2.05) is 44.3 Å². The summed E-state index contributed by atoms with van der Waals surface area (Å²) < 4.78 is 0. The van der Waals surface area contributed by atoms with Crippen molar-refractivity contribution in [2.24, 2.45) is 0 Å². The van der Waals surface area contributed by atoms with Gasteiger partial charge < -0.3 is 10.6 Å². The lowest BCUT2D eigenvalue weighted by Gasteiger charge is -2.07. The molecule has 0 saturated carbocycles. The Kier molecular flexibility index (Phi) is 4.90. The van der Waals surface area contributed by atoms with E-state index in [-0.39, 0.29) is 5.91 Å². The van der Waals surface area contributed by atoms with Crippen molar-refractivity contribution < 1.29 is 4.79 Å². The second kappa shape index (κ2) is 6.86. The summed E-state index contributed by atoms with van der Waals surface area (Å²) in [5.74, 6) is -0.0358. The summed E-state index contributed by atoms with van der Waals surface area (Å²) >= 11 is 0. The Morgan fingerprint density at radius 1 is 1.20 bits per heavy atom. The average Bonchev–Trinajstić information content (AvgIpc) is 2.84. The predicted octanol–water partition coefficient (Wildman–Crippen LogP) is 1.55. The number of amides is 1. The summed E-state index contributed by atoms with van der Waals surface area (Å²) in [7, 11) is 0. The molecular formula is C15H20N4O. The number of carbonyl (C=O) groups is 1. The molecule has 0 unspecified atom stereocenters. The van der Waals surface area contributed by atoms with E-state index in [2.05, 4.69) is 20.8 Å². The van der Waals surface area contributed by atoms with Crippen LogP contribution >= 0.6 is 0 Å². The monoisotopic (exact) mass is 272 g/mol. The molecule has 3 N–H and O–H groups in total. The fourth-order valence-corrected chi connectivity index (χ4v) is 1.85. The van der Waals surface area contributed by atoms with Gasteiger partial charge in [-0.05, 0) is 26.0 Å². The number of aromatic amines is 1. The first kappa shape index (κ1) is 14.3. The molecule has 1 aromatic carbocycles. The van der Waals surface area contributed by atoms with Crippen LogP contribution in [0.4, 0.5) is 0 Å². The van der Waals surface area contributed by atoms with Crippen LogP contribution in [0, 0.1) is 13.8 Å². The highest BCUT2D eigenvalue weighted by molar-refractivity contribution is 5.94. The zero-order valence-corrected chi connectivity index (χ0v) is 11.9. The van der Waals surface area contributed by atoms with Gasteiger partial charge >= 0.3 is 0 Å². The van der Waals surface area contributed by atoms with Crippen molar-refractivity contribution >= 4 is 5.91 Å². The summed E-state index contributed by atoms with van der Waals surface area (Å²) in [6.45, 7) is 6.07. The molecule has 106 valence electrons. The highest BCUT2D eigenvalue weighted by atomic mass is 16.1. The lowest BCUT2D eigenvalue weighted by molar-refractivity contribution is 0.0954. The smallest absolute Gasteiger partial charge is 0.251 e. The zero-order chi connectivity index (χ0) is 14.4. The van der Waals surface area contributed by atoms with Crippen molar-refractivity contribution in [1.82, 2.24) is 20.8 Å². The molecule has 0 saturated heterocycles. The molecule has 5 nitrogen and oxygen atoms in total. The van der Waals surface area contributed by atoms with Crippen molar-refractivity contribution in [3.63, 3.8) is 0 Å². The molecule has 2 aromatic rings. The van der Waals surface area contributed by atoms with Gasteiger partial charge in [0.05, 0.1) is 6.20 Å². The van der Waals surface area contributed by atoms with E-state index in [9.17, 15) is 4.79 Å². The lowest BCUT2D eigenvalue weighted by atomic mass is 10.1. The number of H-pyrrole nitrogens is 1. The number of benzene rings is 1. The fourth-order valence-electron chi connectivity index (χ4n) is 1.85. The first-order chi connectivity index (χ1) is 9.66. The Hall–Kier alpha value is -2.14. The number of rotatable bonds is 6. The van der Waals surface area contributed by atoms with Crippen molar-refractivity contribution in [1.29, 1.82) is 0 Å². The van der Waals surface area contributed by atoms with E-state index in [1.165, 1.54) is 0 Å². The normalized spacial score (nSPS) is 10.5. The third-order valence-electron chi connectivity index (χ3n) is 3.15. The molecule has 0 fully saturated rings. The van der Waals surface area contributed by atoms with E-state index < -0.39 is 0 Å². The molecular weight excluding hydrogens is 252 g/mol. The minimum Gasteiger partial charge on any atom is -0.351 e. The molecule has 0 atom stereocenters. The van der Waals surface area contributed by atoms with Crippen LogP contribution in [0.1, 0.15) is 27.2 Å². The molecule has 0 spiro atoms. The topological polar surface area (TPSA) is 69.8 Å². The van der Waals surface area contributed by atoms with Crippen LogP contribution < -0.4 is 10.6 Å². The number of hydrogen-bond acceptors (Lipinski definition) is 3. The second-order valence-electron chi connectivity index (χ2n) is 4.82. The van der Waals surface area contributed by atoms with E-state index in [0.29, 0.717) is 12.1 Å². The van der Waals surface area contributed by atoms with Gasteiger partial charge in [0, 0.05) is 36.5 Å². The standard InChI is InChI=1S/C15H20N4O/c1-11-3-5-13(6-4-11)15(20)17-8-7-16-9-14-10-18-19-12(14)2/h3-6,10,16H,7-9H2,1-2H3,(H,17,20)(H,18,19). The SMILES string of the molecule is Cc1ccc(C(=O)NCCNCc2cn[nH]c2C)cc1. The Morgan fingerprint density at radius 3 is 2.60 bits per heavy atom. The van der Waals surface area contributed by atoms with Crippen LogP contribution in [0.15, 0.2) is 30.5 Å². The van der Waals surface area contributed by atoms with Gasteiger partial charge in [0.2, 0.25) is 0 Å². The summed E-state index contributed by atoms with van der Waals surface area (Å²) in [5.41, 5.74) is 4.07. The van der Waals surface area contributed by atoms with Crippen LogP contribution in [-0.2, 0) is 6.54 Å². The van der Waals surface area contributed by atoms with Crippen molar-refractivity contribution in [2.45, 2.75) is 20.4 Å². The molecule has 1 heterocycles. The fraction of sp³-hybridized carbons (Fsp3) is 0.333. The molecule has 0 bridgehead atoms. The van der Waals surface area contributed by atoms with Crippen LogP contribution in [-0.4, -0.2) is 29.2 Å². The van der Waals surface area contributed by atoms with Gasteiger partial charge in [-0.25, -0.2) is 0 Å². The summed E-state index contributed by atoms with van der Waals surface area (Å²) in [6, 6.07) is 7.56. The number of aryl methyl sites for hydroxylation is 2. The van der Waals surface area contributed by atoms with Gasteiger partial charge in [0.25, 0.3) is 5.91 Å². The number of nitrogens with zero attached hydrogens (tertiary/aromatic N) is 1. The molecule has 1 amide bonds. The molecule has 1 aromatic heterocycles. The average molecular weight is 272 g/mol. The molecule has 0 radical (unpaired) electrons. The highest BCUT2D eigenvalue weighted by Crippen LogP contribution is 2.02. The number of nitrogens with one attached hydrogen (secondary N) is 3. The molecule has 0 aliphatic heterocycles. The highest BCUT2D eigenvalue weighted by Gasteiger charge is 2.04. The number of hydrogen-bond donors (Lipinski definition) is 3. The summed E-state index contributed by atoms with van der Waals surface area (Å²) in [6.07, 6.45) is 1.81. The molecule has 0 aliphatic carbocycles. The number of carbonyl (C=O) groups excluding carboxylic acids is 1. The molecule has 20 heavy (non-hydrogen) atoms. The minimum atomic E-state index is -0.0358. The Bertz CT molecular complexity index is 560. The van der Waals surface area contributed by atoms with Crippen molar-refractivity contribution in [2.75, 3.05) is 13.1 Å². The lowest BCUT2D eigenvalue weighted by Crippen LogP contribution is -2.31. The third-order valence-corrected chi connectivity index (χ3v) is 3.15. The molecule has 2 rings (SSSR count). The quantitative estimate of drug-likeness (QED) is 0.699. The van der Waals surface area contributed by atoms with E-state index >= 15 is 0 Å². The van der Waals surface area contributed by atoms with Crippen LogP contribution in [0.3, 0.4) is 0 Å². The first-order valence-electron chi connectivity index (χ1n) is 6.71. The maximum atomic E-state index is 11.8. The van der Waals surface area contributed by atoms with Gasteiger partial charge in [-0.3, -0.25) is 9.89 Å². The molecule has 0 aliphatic rings. The second-order valence-corrected chi connectivity index (χ2v) is 4.82. The van der Waals surface area contributed by atoms with Crippen LogP contribution in [0.2, 0.25) is 0 Å². The summed E-state index contributed by atoms with van der Waals surface area (Å²) in [4.78, 5) is 11.8. The Morgan fingerprint density at radius 2 is 1.95 bits per heavy atom. The van der Waals surface area contributed by atoms with Gasteiger partial charge in [-0.2, -0.15) is 5.10 Å². The molecule has 5 heteroatoms. The van der Waals surface area contributed by atoms with Gasteiger partial charge in [0.1, 0.15) is 0 Å². The van der Waals surface area contributed by atoms with E-state index in [4.69, 9.17) is 0 Å². The maximum absolute atomic E-state index is 11.8. The van der Waals surface area contributed by atoms with Gasteiger partial charge in [0.15, 0.2) is 0 Å². The maximum Gasteiger partial charge on any atom is 0.251 e. The van der Waals surface area contributed by atoms with E-state index in [0.717, 1.165) is 29.9 Å². The summed E-state index contributed by atoms with van der Waals surface area (Å²) in [5, 5.41) is 13.0. The first-order valence-corrected chi connectivity index (χ1v) is 6.71. The van der Waals surface area contributed by atoms with Gasteiger partial charge in [-0.1, -0.05) is 17.7 Å². The van der Waals surface area contributed by atoms with Crippen molar-refractivity contribution in [3.8, 4) is 0 Å². The van der Waals surface area contributed by atoms with E-state index in [1.54, 1.807) is 0 Å². The Balaban J connectivity index is 1.67. The third kappa shape index (κ3) is 3.93. The largest absolute Gasteiger partial charge is 0.351 e. The van der Waals surface area contributed by atoms with Crippen LogP contribution in [0.5, 0.6) is 0 Å².